The minimum absolute atomic E-state index is 0.545. The summed E-state index contributed by atoms with van der Waals surface area (Å²) in [6.07, 6.45) is 4.16. The molecule has 0 spiro atoms. The molecule has 5 heteroatoms. The number of anilines is 1. The lowest BCUT2D eigenvalue weighted by atomic mass is 10.5. The second-order valence-electron chi connectivity index (χ2n) is 2.64. The van der Waals surface area contributed by atoms with Crippen LogP contribution in [0.4, 0.5) is 5.82 Å². The minimum Gasteiger partial charge on any atom is -0.477 e. The van der Waals surface area contributed by atoms with Crippen molar-refractivity contribution in [1.82, 2.24) is 9.97 Å². The van der Waals surface area contributed by atoms with Crippen LogP contribution in [0.3, 0.4) is 0 Å². The van der Waals surface area contributed by atoms with Crippen LogP contribution in [-0.2, 0) is 0 Å². The Hall–Kier alpha value is -1.03. The molecule has 78 valence electrons. The van der Waals surface area contributed by atoms with Crippen molar-refractivity contribution in [1.29, 1.82) is 0 Å². The molecule has 0 aliphatic rings. The van der Waals surface area contributed by atoms with Crippen LogP contribution in [0.15, 0.2) is 12.4 Å². The van der Waals surface area contributed by atoms with Gasteiger partial charge in [-0.3, -0.25) is 4.98 Å². The minimum atomic E-state index is 0.545. The Labute approximate surface area is 88.7 Å². The molecule has 0 saturated heterocycles. The molecule has 14 heavy (non-hydrogen) atoms. The van der Waals surface area contributed by atoms with Crippen LogP contribution in [-0.4, -0.2) is 29.0 Å². The number of hydrogen-bond donors (Lipinski definition) is 1. The van der Waals surface area contributed by atoms with Gasteiger partial charge in [0.2, 0.25) is 5.88 Å². The molecule has 0 saturated carbocycles. The lowest BCUT2D eigenvalue weighted by Crippen LogP contribution is -2.05. The summed E-state index contributed by atoms with van der Waals surface area (Å²) < 4.78 is 5.21. The van der Waals surface area contributed by atoms with E-state index in [1.807, 2.05) is 6.92 Å². The van der Waals surface area contributed by atoms with Crippen LogP contribution in [0, 0.1) is 0 Å². The summed E-state index contributed by atoms with van der Waals surface area (Å²) >= 11 is 5.55. The van der Waals surface area contributed by atoms with Gasteiger partial charge in [-0.15, -0.1) is 11.6 Å². The second-order valence-corrected chi connectivity index (χ2v) is 3.02. The third-order valence-electron chi connectivity index (χ3n) is 1.52. The smallest absolute Gasteiger partial charge is 0.234 e. The second kappa shape index (κ2) is 6.43. The zero-order chi connectivity index (χ0) is 10.2. The molecule has 0 radical (unpaired) electrons. The van der Waals surface area contributed by atoms with E-state index in [0.717, 1.165) is 18.8 Å². The lowest BCUT2D eigenvalue weighted by molar-refractivity contribution is 0.325. The van der Waals surface area contributed by atoms with Gasteiger partial charge in [-0.1, -0.05) is 0 Å². The summed E-state index contributed by atoms with van der Waals surface area (Å²) in [4.78, 5) is 8.19. The SMILES string of the molecule is CCOc1cncc(NCCCCl)n1. The summed E-state index contributed by atoms with van der Waals surface area (Å²) in [6.45, 7) is 3.31. The molecule has 0 aliphatic carbocycles. The fraction of sp³-hybridized carbons (Fsp3) is 0.556. The maximum Gasteiger partial charge on any atom is 0.234 e. The summed E-state index contributed by atoms with van der Waals surface area (Å²) in [7, 11) is 0. The van der Waals surface area contributed by atoms with E-state index in [9.17, 15) is 0 Å². The predicted octanol–water partition coefficient (Wildman–Crippen LogP) is 1.92. The van der Waals surface area contributed by atoms with E-state index < -0.39 is 0 Å². The third kappa shape index (κ3) is 3.79. The average Bonchev–Trinajstić information content (AvgIpc) is 2.19. The van der Waals surface area contributed by atoms with Gasteiger partial charge in [-0.2, -0.15) is 4.98 Å². The zero-order valence-electron chi connectivity index (χ0n) is 8.16. The fourth-order valence-corrected chi connectivity index (χ4v) is 1.07. The van der Waals surface area contributed by atoms with E-state index in [4.69, 9.17) is 16.3 Å². The van der Waals surface area contributed by atoms with Crippen molar-refractivity contribution in [2.24, 2.45) is 0 Å². The molecule has 1 aromatic heterocycles. The van der Waals surface area contributed by atoms with Crippen LogP contribution in [0.25, 0.3) is 0 Å². The monoisotopic (exact) mass is 215 g/mol. The summed E-state index contributed by atoms with van der Waals surface area (Å²) in [5.74, 6) is 1.91. The molecule has 0 aromatic carbocycles. The van der Waals surface area contributed by atoms with Gasteiger partial charge in [-0.05, 0) is 13.3 Å². The number of alkyl halides is 1. The number of rotatable bonds is 6. The van der Waals surface area contributed by atoms with Crippen LogP contribution in [0.1, 0.15) is 13.3 Å². The summed E-state index contributed by atoms with van der Waals surface area (Å²) in [6, 6.07) is 0. The van der Waals surface area contributed by atoms with Crippen molar-refractivity contribution in [2.45, 2.75) is 13.3 Å². The van der Waals surface area contributed by atoms with Gasteiger partial charge >= 0.3 is 0 Å². The molecule has 0 bridgehead atoms. The number of ether oxygens (including phenoxy) is 1. The Morgan fingerprint density at radius 1 is 1.50 bits per heavy atom. The molecule has 0 atom stereocenters. The molecule has 1 N–H and O–H groups in total. The molecule has 4 nitrogen and oxygen atoms in total. The number of aromatic nitrogens is 2. The van der Waals surface area contributed by atoms with E-state index in [1.54, 1.807) is 12.4 Å². The first-order valence-corrected chi connectivity index (χ1v) is 5.15. The number of hydrogen-bond acceptors (Lipinski definition) is 4. The third-order valence-corrected chi connectivity index (χ3v) is 1.79. The molecule has 1 heterocycles. The maximum atomic E-state index is 5.55. The number of nitrogens with one attached hydrogen (secondary N) is 1. The fourth-order valence-electron chi connectivity index (χ4n) is 0.934. The average molecular weight is 216 g/mol. The normalized spacial score (nSPS) is 9.86. The maximum absolute atomic E-state index is 5.55. The Balaban J connectivity index is 2.46. The van der Waals surface area contributed by atoms with E-state index in [0.29, 0.717) is 18.4 Å². The van der Waals surface area contributed by atoms with E-state index >= 15 is 0 Å². The van der Waals surface area contributed by atoms with Crippen LogP contribution < -0.4 is 10.1 Å². The zero-order valence-corrected chi connectivity index (χ0v) is 8.92. The van der Waals surface area contributed by atoms with Crippen LogP contribution in [0.2, 0.25) is 0 Å². The van der Waals surface area contributed by atoms with Crippen molar-refractivity contribution in [2.75, 3.05) is 24.3 Å². The summed E-state index contributed by atoms with van der Waals surface area (Å²) in [5, 5.41) is 3.11. The molecule has 1 rings (SSSR count). The van der Waals surface area contributed by atoms with Gasteiger partial charge in [0.05, 0.1) is 19.0 Å². The first-order chi connectivity index (χ1) is 6.86. The van der Waals surface area contributed by atoms with Gasteiger partial charge in [0, 0.05) is 12.4 Å². The standard InChI is InChI=1S/C9H14ClN3O/c1-2-14-9-7-11-6-8(13-9)12-5-3-4-10/h6-7H,2-5H2,1H3,(H,12,13). The largest absolute Gasteiger partial charge is 0.477 e. The molecule has 0 aliphatic heterocycles. The van der Waals surface area contributed by atoms with Gasteiger partial charge in [-0.25, -0.2) is 0 Å². The van der Waals surface area contributed by atoms with Crippen molar-refractivity contribution >= 4 is 17.4 Å². The lowest BCUT2D eigenvalue weighted by Gasteiger charge is -2.05. The summed E-state index contributed by atoms with van der Waals surface area (Å²) in [5.41, 5.74) is 0. The van der Waals surface area contributed by atoms with E-state index in [2.05, 4.69) is 15.3 Å². The van der Waals surface area contributed by atoms with Crippen LogP contribution >= 0.6 is 11.6 Å². The molecule has 0 amide bonds. The molecule has 1 aromatic rings. The van der Waals surface area contributed by atoms with Crippen LogP contribution in [0.5, 0.6) is 5.88 Å². The Kier molecular flexibility index (Phi) is 5.07. The molecular formula is C9H14ClN3O. The van der Waals surface area contributed by atoms with Gasteiger partial charge in [0.1, 0.15) is 5.82 Å². The van der Waals surface area contributed by atoms with Crippen molar-refractivity contribution in [3.63, 3.8) is 0 Å². The quantitative estimate of drug-likeness (QED) is 0.582. The van der Waals surface area contributed by atoms with Gasteiger partial charge in [0.25, 0.3) is 0 Å². The number of halogens is 1. The van der Waals surface area contributed by atoms with Crippen molar-refractivity contribution < 1.29 is 4.74 Å². The Bertz CT molecular complexity index is 270. The Morgan fingerprint density at radius 2 is 2.36 bits per heavy atom. The molecular weight excluding hydrogens is 202 g/mol. The highest BCUT2D eigenvalue weighted by atomic mass is 35.5. The van der Waals surface area contributed by atoms with E-state index in [1.165, 1.54) is 0 Å². The number of nitrogens with zero attached hydrogens (tertiary/aromatic N) is 2. The highest BCUT2D eigenvalue weighted by Gasteiger charge is 1.97. The van der Waals surface area contributed by atoms with Crippen molar-refractivity contribution in [3.05, 3.63) is 12.4 Å². The molecule has 0 unspecified atom stereocenters. The predicted molar refractivity (Wildman–Crippen MR) is 57.0 cm³/mol. The first kappa shape index (κ1) is 11.0. The first-order valence-electron chi connectivity index (χ1n) is 4.61. The Morgan fingerprint density at radius 3 is 3.07 bits per heavy atom. The van der Waals surface area contributed by atoms with Crippen molar-refractivity contribution in [3.8, 4) is 5.88 Å². The van der Waals surface area contributed by atoms with Gasteiger partial charge in [0.15, 0.2) is 0 Å². The van der Waals surface area contributed by atoms with Gasteiger partial charge < -0.3 is 10.1 Å². The highest BCUT2D eigenvalue weighted by Crippen LogP contribution is 2.08. The topological polar surface area (TPSA) is 47.0 Å². The van der Waals surface area contributed by atoms with E-state index in [-0.39, 0.29) is 0 Å². The highest BCUT2D eigenvalue weighted by molar-refractivity contribution is 6.17. The molecule has 0 fully saturated rings.